The number of fused-ring (bicyclic) bond motifs is 1. The summed E-state index contributed by atoms with van der Waals surface area (Å²) in [6.45, 7) is 7.32. The number of carbonyl (C=O) groups is 1. The number of nitrogens with zero attached hydrogens (tertiary/aromatic N) is 2. The van der Waals surface area contributed by atoms with Crippen LogP contribution in [0.15, 0.2) is 28.7 Å². The molecule has 3 aromatic rings. The Morgan fingerprint density at radius 1 is 1.16 bits per heavy atom. The molecular formula is C20H22N2O2S. The van der Waals surface area contributed by atoms with Crippen LogP contribution in [0.3, 0.4) is 0 Å². The van der Waals surface area contributed by atoms with E-state index in [1.807, 2.05) is 31.7 Å². The normalized spacial score (nSPS) is 15.9. The van der Waals surface area contributed by atoms with Crippen molar-refractivity contribution in [1.29, 1.82) is 0 Å². The molecule has 4 nitrogen and oxygen atoms in total. The van der Waals surface area contributed by atoms with Gasteiger partial charge in [0.25, 0.3) is 5.91 Å². The van der Waals surface area contributed by atoms with Crippen LogP contribution in [0, 0.1) is 20.8 Å². The molecule has 3 heterocycles. The van der Waals surface area contributed by atoms with Gasteiger partial charge >= 0.3 is 0 Å². The lowest BCUT2D eigenvalue weighted by Gasteiger charge is -2.31. The third-order valence-corrected chi connectivity index (χ3v) is 6.42. The van der Waals surface area contributed by atoms with Crippen molar-refractivity contribution in [2.45, 2.75) is 39.5 Å². The predicted octanol–water partition coefficient (Wildman–Crippen LogP) is 4.83. The highest BCUT2D eigenvalue weighted by Gasteiger charge is 2.29. The summed E-state index contributed by atoms with van der Waals surface area (Å²) in [7, 11) is 0. The third-order valence-electron chi connectivity index (χ3n) is 5.22. The molecule has 0 unspecified atom stereocenters. The smallest absolute Gasteiger partial charge is 0.257 e. The van der Waals surface area contributed by atoms with Gasteiger partial charge in [-0.05, 0) is 45.7 Å². The van der Waals surface area contributed by atoms with Crippen LogP contribution in [0.2, 0.25) is 0 Å². The SMILES string of the molecule is Cc1oc(C)c(C(=O)N2CCC(c3nc4ccccc4s3)CC2)c1C. The summed E-state index contributed by atoms with van der Waals surface area (Å²) in [5.74, 6) is 2.13. The highest BCUT2D eigenvalue weighted by molar-refractivity contribution is 7.18. The molecule has 0 spiro atoms. The minimum Gasteiger partial charge on any atom is -0.466 e. The molecule has 0 atom stereocenters. The second kappa shape index (κ2) is 6.30. The minimum atomic E-state index is 0.106. The average Bonchev–Trinajstić information content (AvgIpc) is 3.15. The lowest BCUT2D eigenvalue weighted by atomic mass is 9.96. The molecule has 1 aromatic carbocycles. The Bertz CT molecular complexity index is 899. The number of carbonyl (C=O) groups excluding carboxylic acids is 1. The van der Waals surface area contributed by atoms with Gasteiger partial charge in [-0.25, -0.2) is 4.98 Å². The van der Waals surface area contributed by atoms with Gasteiger partial charge in [0, 0.05) is 24.6 Å². The largest absolute Gasteiger partial charge is 0.466 e. The molecule has 4 rings (SSSR count). The Kier molecular flexibility index (Phi) is 4.12. The highest BCUT2D eigenvalue weighted by atomic mass is 32.1. The van der Waals surface area contributed by atoms with Crippen molar-refractivity contribution < 1.29 is 9.21 Å². The fraction of sp³-hybridized carbons (Fsp3) is 0.400. The van der Waals surface area contributed by atoms with Gasteiger partial charge in [0.15, 0.2) is 0 Å². The van der Waals surface area contributed by atoms with Crippen molar-refractivity contribution in [1.82, 2.24) is 9.88 Å². The van der Waals surface area contributed by atoms with Gasteiger partial charge in [0.1, 0.15) is 11.5 Å². The van der Waals surface area contributed by atoms with Crippen LogP contribution in [0.4, 0.5) is 0 Å². The van der Waals surface area contributed by atoms with E-state index < -0.39 is 0 Å². The van der Waals surface area contributed by atoms with Crippen LogP contribution >= 0.6 is 11.3 Å². The Labute approximate surface area is 151 Å². The average molecular weight is 354 g/mol. The van der Waals surface area contributed by atoms with Crippen LogP contribution in [0.25, 0.3) is 10.2 Å². The first-order valence-electron chi connectivity index (χ1n) is 8.76. The highest BCUT2D eigenvalue weighted by Crippen LogP contribution is 2.34. The Morgan fingerprint density at radius 2 is 1.88 bits per heavy atom. The van der Waals surface area contributed by atoms with Crippen molar-refractivity contribution >= 4 is 27.5 Å². The number of amides is 1. The molecule has 1 fully saturated rings. The van der Waals surface area contributed by atoms with E-state index in [1.165, 1.54) is 9.71 Å². The number of hydrogen-bond donors (Lipinski definition) is 0. The lowest BCUT2D eigenvalue weighted by molar-refractivity contribution is 0.0710. The van der Waals surface area contributed by atoms with Crippen molar-refractivity contribution in [3.8, 4) is 0 Å². The molecule has 1 aliphatic heterocycles. The number of rotatable bonds is 2. The van der Waals surface area contributed by atoms with E-state index in [0.29, 0.717) is 5.92 Å². The van der Waals surface area contributed by atoms with Crippen molar-refractivity contribution in [3.05, 3.63) is 51.9 Å². The maximum Gasteiger partial charge on any atom is 0.257 e. The molecule has 0 aliphatic carbocycles. The number of furan rings is 1. The molecule has 0 saturated carbocycles. The van der Waals surface area contributed by atoms with E-state index in [9.17, 15) is 4.79 Å². The maximum absolute atomic E-state index is 12.9. The Balaban J connectivity index is 1.48. The van der Waals surface area contributed by atoms with E-state index >= 15 is 0 Å². The van der Waals surface area contributed by atoms with Crippen molar-refractivity contribution in [3.63, 3.8) is 0 Å². The topological polar surface area (TPSA) is 46.3 Å². The van der Waals surface area contributed by atoms with E-state index in [-0.39, 0.29) is 5.91 Å². The molecule has 0 N–H and O–H groups in total. The number of benzene rings is 1. The summed E-state index contributed by atoms with van der Waals surface area (Å²) in [5.41, 5.74) is 2.80. The fourth-order valence-electron chi connectivity index (χ4n) is 3.66. The molecular weight excluding hydrogens is 332 g/mol. The molecule has 0 bridgehead atoms. The Morgan fingerprint density at radius 3 is 2.52 bits per heavy atom. The van der Waals surface area contributed by atoms with Crippen LogP contribution in [0.1, 0.15) is 51.2 Å². The van der Waals surface area contributed by atoms with Gasteiger partial charge in [0.2, 0.25) is 0 Å². The number of piperidine rings is 1. The molecule has 1 amide bonds. The quantitative estimate of drug-likeness (QED) is 0.662. The first kappa shape index (κ1) is 16.3. The van der Waals surface area contributed by atoms with Crippen molar-refractivity contribution in [2.24, 2.45) is 0 Å². The summed E-state index contributed by atoms with van der Waals surface area (Å²) >= 11 is 1.79. The summed E-state index contributed by atoms with van der Waals surface area (Å²) in [6, 6.07) is 8.29. The zero-order chi connectivity index (χ0) is 17.6. The summed E-state index contributed by atoms with van der Waals surface area (Å²) in [6.07, 6.45) is 1.95. The molecule has 0 radical (unpaired) electrons. The number of hydrogen-bond acceptors (Lipinski definition) is 4. The van der Waals surface area contributed by atoms with Gasteiger partial charge in [-0.3, -0.25) is 4.79 Å². The third kappa shape index (κ3) is 2.86. The zero-order valence-electron chi connectivity index (χ0n) is 14.8. The van der Waals surface area contributed by atoms with E-state index in [2.05, 4.69) is 18.2 Å². The summed E-state index contributed by atoms with van der Waals surface area (Å²) < 4.78 is 6.87. The van der Waals surface area contributed by atoms with Gasteiger partial charge in [-0.1, -0.05) is 12.1 Å². The van der Waals surface area contributed by atoms with Crippen LogP contribution < -0.4 is 0 Å². The molecule has 1 aliphatic rings. The summed E-state index contributed by atoms with van der Waals surface area (Å²) in [5, 5.41) is 1.21. The van der Waals surface area contributed by atoms with Gasteiger partial charge in [0.05, 0.1) is 20.8 Å². The molecule has 25 heavy (non-hydrogen) atoms. The number of para-hydroxylation sites is 1. The minimum absolute atomic E-state index is 0.106. The zero-order valence-corrected chi connectivity index (χ0v) is 15.7. The van der Waals surface area contributed by atoms with E-state index in [4.69, 9.17) is 9.40 Å². The van der Waals surface area contributed by atoms with Crippen LogP contribution in [0.5, 0.6) is 0 Å². The molecule has 130 valence electrons. The fourth-order valence-corrected chi connectivity index (χ4v) is 4.80. The second-order valence-electron chi connectivity index (χ2n) is 6.80. The maximum atomic E-state index is 12.9. The number of aryl methyl sites for hydroxylation is 2. The first-order chi connectivity index (χ1) is 12.0. The number of aromatic nitrogens is 1. The van der Waals surface area contributed by atoms with E-state index in [0.717, 1.165) is 54.1 Å². The van der Waals surface area contributed by atoms with Gasteiger partial charge < -0.3 is 9.32 Å². The number of likely N-dealkylation sites (tertiary alicyclic amines) is 1. The standard InChI is InChI=1S/C20H22N2O2S/c1-12-13(2)24-14(3)18(12)20(23)22-10-8-15(9-11-22)19-21-16-6-4-5-7-17(16)25-19/h4-7,15H,8-11H2,1-3H3. The number of thiazole rings is 1. The predicted molar refractivity (Wildman–Crippen MR) is 100 cm³/mol. The second-order valence-corrected chi connectivity index (χ2v) is 7.86. The molecule has 1 saturated heterocycles. The molecule has 5 heteroatoms. The lowest BCUT2D eigenvalue weighted by Crippen LogP contribution is -2.38. The van der Waals surface area contributed by atoms with E-state index in [1.54, 1.807) is 11.3 Å². The van der Waals surface area contributed by atoms with Gasteiger partial charge in [-0.15, -0.1) is 11.3 Å². The van der Waals surface area contributed by atoms with Gasteiger partial charge in [-0.2, -0.15) is 0 Å². The summed E-state index contributed by atoms with van der Waals surface area (Å²) in [4.78, 5) is 19.7. The first-order valence-corrected chi connectivity index (χ1v) is 9.57. The monoisotopic (exact) mass is 354 g/mol. The Hall–Kier alpha value is -2.14. The van der Waals surface area contributed by atoms with Crippen molar-refractivity contribution in [2.75, 3.05) is 13.1 Å². The van der Waals surface area contributed by atoms with Crippen LogP contribution in [-0.4, -0.2) is 28.9 Å². The molecule has 2 aromatic heterocycles. The van der Waals surface area contributed by atoms with Crippen LogP contribution in [-0.2, 0) is 0 Å².